The predicted molar refractivity (Wildman–Crippen MR) is 118 cm³/mol. The summed E-state index contributed by atoms with van der Waals surface area (Å²) in [5, 5.41) is 13.8. The molecule has 2 aromatic rings. The van der Waals surface area contributed by atoms with Gasteiger partial charge in [0, 0.05) is 18.7 Å². The van der Waals surface area contributed by atoms with Crippen LogP contribution in [0.2, 0.25) is 0 Å². The zero-order valence-corrected chi connectivity index (χ0v) is 19.9. The highest BCUT2D eigenvalue weighted by Gasteiger charge is 2.65. The fourth-order valence-electron chi connectivity index (χ4n) is 5.27. The van der Waals surface area contributed by atoms with Crippen LogP contribution in [0.1, 0.15) is 60.0 Å². The first-order chi connectivity index (χ1) is 17.5. The predicted octanol–water partition coefficient (Wildman–Crippen LogP) is 6.27. The van der Waals surface area contributed by atoms with Crippen molar-refractivity contribution in [3.8, 4) is 0 Å². The van der Waals surface area contributed by atoms with Gasteiger partial charge < -0.3 is 15.3 Å². The van der Waals surface area contributed by atoms with Gasteiger partial charge in [-0.15, -0.1) is 0 Å². The van der Waals surface area contributed by atoms with Crippen LogP contribution < -0.4 is 10.2 Å². The van der Waals surface area contributed by atoms with Gasteiger partial charge in [0.15, 0.2) is 0 Å². The molecular formula is C25H23F9N2O2. The third-order valence-electron chi connectivity index (χ3n) is 7.28. The van der Waals surface area contributed by atoms with E-state index in [4.69, 9.17) is 0 Å². The molecule has 0 spiro atoms. The summed E-state index contributed by atoms with van der Waals surface area (Å²) in [4.78, 5) is 12.7. The molecule has 1 amide bonds. The molecule has 0 radical (unpaired) electrons. The molecule has 3 atom stereocenters. The molecule has 0 bridgehead atoms. The normalized spacial score (nSPS) is 24.0. The van der Waals surface area contributed by atoms with Crippen molar-refractivity contribution in [3.05, 3.63) is 64.2 Å². The summed E-state index contributed by atoms with van der Waals surface area (Å²) in [6.45, 7) is 1.20. The molecule has 2 N–H and O–H groups in total. The molecule has 3 unspecified atom stereocenters. The zero-order valence-electron chi connectivity index (χ0n) is 19.9. The molecule has 13 heteroatoms. The highest BCUT2D eigenvalue weighted by Crippen LogP contribution is 2.53. The average molecular weight is 554 g/mol. The highest BCUT2D eigenvalue weighted by atomic mass is 19.4. The van der Waals surface area contributed by atoms with Gasteiger partial charge in [0.05, 0.1) is 17.2 Å². The Bertz CT molecular complexity index is 1190. The fraction of sp³-hybridized carbons (Fsp3) is 0.480. The maximum Gasteiger partial charge on any atom is 0.416 e. The smallest absolute Gasteiger partial charge is 0.372 e. The quantitative estimate of drug-likeness (QED) is 0.439. The van der Waals surface area contributed by atoms with Crippen LogP contribution in [0.25, 0.3) is 0 Å². The first-order valence-corrected chi connectivity index (χ1v) is 11.7. The van der Waals surface area contributed by atoms with Gasteiger partial charge in [-0.1, -0.05) is 13.0 Å². The van der Waals surface area contributed by atoms with Gasteiger partial charge in [0.2, 0.25) is 5.91 Å². The fourth-order valence-corrected chi connectivity index (χ4v) is 5.27. The van der Waals surface area contributed by atoms with Crippen molar-refractivity contribution < 1.29 is 49.4 Å². The van der Waals surface area contributed by atoms with E-state index in [-0.39, 0.29) is 42.3 Å². The maximum absolute atomic E-state index is 14.5. The maximum atomic E-state index is 14.5. The van der Waals surface area contributed by atoms with E-state index < -0.39 is 59.8 Å². The van der Waals surface area contributed by atoms with Crippen molar-refractivity contribution >= 4 is 11.6 Å². The Balaban J connectivity index is 1.76. The number of fused-ring (bicyclic) bond motifs is 1. The van der Waals surface area contributed by atoms with Gasteiger partial charge in [-0.2, -0.15) is 39.5 Å². The Labute approximate surface area is 211 Å². The van der Waals surface area contributed by atoms with E-state index in [1.54, 1.807) is 13.0 Å². The van der Waals surface area contributed by atoms with E-state index in [1.807, 2.05) is 0 Å². The topological polar surface area (TPSA) is 52.6 Å². The number of nitrogens with zero attached hydrogens (tertiary/aromatic N) is 1. The summed E-state index contributed by atoms with van der Waals surface area (Å²) in [6, 6.07) is 4.04. The molecule has 2 aliphatic rings. The van der Waals surface area contributed by atoms with Gasteiger partial charge in [-0.25, -0.2) is 0 Å². The second-order valence-corrected chi connectivity index (χ2v) is 9.48. The number of aliphatic hydroxyl groups excluding tert-OH is 1. The molecule has 0 aromatic heterocycles. The Morgan fingerprint density at radius 1 is 1.00 bits per heavy atom. The summed E-state index contributed by atoms with van der Waals surface area (Å²) < 4.78 is 124. The molecule has 4 rings (SSSR count). The molecular weight excluding hydrogens is 531 g/mol. The molecule has 1 aliphatic heterocycles. The van der Waals surface area contributed by atoms with Gasteiger partial charge >= 0.3 is 18.5 Å². The van der Waals surface area contributed by atoms with E-state index in [2.05, 4.69) is 5.32 Å². The summed E-state index contributed by atoms with van der Waals surface area (Å²) in [6.07, 6.45) is -18.3. The van der Waals surface area contributed by atoms with Gasteiger partial charge in [0.1, 0.15) is 11.6 Å². The van der Waals surface area contributed by atoms with Gasteiger partial charge in [-0.3, -0.25) is 4.79 Å². The summed E-state index contributed by atoms with van der Waals surface area (Å²) >= 11 is 0. The largest absolute Gasteiger partial charge is 0.416 e. The summed E-state index contributed by atoms with van der Waals surface area (Å²) in [7, 11) is 0. The molecule has 4 nitrogen and oxygen atoms in total. The number of anilines is 1. The third-order valence-corrected chi connectivity index (χ3v) is 7.28. The van der Waals surface area contributed by atoms with Crippen LogP contribution in [0, 0.1) is 0 Å². The lowest BCUT2D eigenvalue weighted by molar-refractivity contribution is -0.211. The van der Waals surface area contributed by atoms with Crippen molar-refractivity contribution in [2.75, 3.05) is 11.4 Å². The summed E-state index contributed by atoms with van der Waals surface area (Å²) in [5.41, 5.74) is -6.93. The number of carbonyl (C=O) groups is 1. The van der Waals surface area contributed by atoms with Crippen LogP contribution in [0.15, 0.2) is 36.4 Å². The van der Waals surface area contributed by atoms with Crippen LogP contribution in [0.3, 0.4) is 0 Å². The number of alkyl halides is 9. The van der Waals surface area contributed by atoms with Gasteiger partial charge in [-0.05, 0) is 66.3 Å². The number of amides is 1. The van der Waals surface area contributed by atoms with E-state index >= 15 is 0 Å². The first kappa shape index (κ1) is 28.1. The van der Waals surface area contributed by atoms with Crippen molar-refractivity contribution in [3.63, 3.8) is 0 Å². The minimum atomic E-state index is -5.39. The zero-order chi connectivity index (χ0) is 28.3. The second kappa shape index (κ2) is 9.35. The molecule has 1 aliphatic carbocycles. The minimum absolute atomic E-state index is 0.0269. The first-order valence-electron chi connectivity index (χ1n) is 11.7. The standard InChI is InChI=1S/C25H23F9N2O2/c1-2-20(37)35-19-6-3-13-9-17(4-5-18(13)19)36-8-7-22(21(36)38,25(32,33)34)14-10-15(23(26,27)28)12-16(11-14)24(29,30)31/h4-5,9-12,19,21,38H,2-3,6-8H2,1H3,(H,35,37). The number of halogens is 9. The SMILES string of the molecule is CCC(=O)NC1CCc2cc(N3CCC(c4cc(C(F)(F)F)cc(C(F)(F)F)c4)(C(F)(F)F)C3O)ccc21. The third kappa shape index (κ3) is 4.80. The monoisotopic (exact) mass is 554 g/mol. The van der Waals surface area contributed by atoms with E-state index in [0.717, 1.165) is 10.5 Å². The van der Waals surface area contributed by atoms with Crippen LogP contribution in [0.4, 0.5) is 45.2 Å². The molecule has 1 heterocycles. The van der Waals surface area contributed by atoms with Crippen molar-refractivity contribution in [2.45, 2.75) is 68.8 Å². The molecule has 0 saturated carbocycles. The molecule has 38 heavy (non-hydrogen) atoms. The molecule has 2 aromatic carbocycles. The number of carbonyl (C=O) groups excluding carboxylic acids is 1. The number of rotatable bonds is 4. The number of nitrogens with one attached hydrogen (secondary N) is 1. The van der Waals surface area contributed by atoms with Crippen molar-refractivity contribution in [1.29, 1.82) is 0 Å². The highest BCUT2D eigenvalue weighted by molar-refractivity contribution is 5.76. The minimum Gasteiger partial charge on any atom is -0.372 e. The lowest BCUT2D eigenvalue weighted by Crippen LogP contribution is -2.52. The Hall–Kier alpha value is -2.96. The lowest BCUT2D eigenvalue weighted by Gasteiger charge is -2.38. The summed E-state index contributed by atoms with van der Waals surface area (Å²) in [5.74, 6) is -0.184. The number of aliphatic hydroxyl groups is 1. The Morgan fingerprint density at radius 2 is 1.61 bits per heavy atom. The molecule has 1 fully saturated rings. The van der Waals surface area contributed by atoms with E-state index in [1.165, 1.54) is 12.1 Å². The van der Waals surface area contributed by atoms with Crippen LogP contribution in [-0.4, -0.2) is 30.0 Å². The van der Waals surface area contributed by atoms with Crippen LogP contribution in [-0.2, 0) is 29.0 Å². The number of hydrogen-bond acceptors (Lipinski definition) is 3. The Morgan fingerprint density at radius 3 is 2.13 bits per heavy atom. The Kier molecular flexibility index (Phi) is 6.90. The molecule has 1 saturated heterocycles. The average Bonchev–Trinajstić information content (AvgIpc) is 3.38. The van der Waals surface area contributed by atoms with Crippen LogP contribution in [0.5, 0.6) is 0 Å². The number of hydrogen-bond donors (Lipinski definition) is 2. The lowest BCUT2D eigenvalue weighted by atomic mass is 9.76. The molecule has 208 valence electrons. The number of aryl methyl sites for hydroxylation is 1. The van der Waals surface area contributed by atoms with E-state index in [9.17, 15) is 49.4 Å². The van der Waals surface area contributed by atoms with E-state index in [0.29, 0.717) is 18.4 Å². The van der Waals surface area contributed by atoms with Crippen molar-refractivity contribution in [1.82, 2.24) is 5.32 Å². The number of benzene rings is 2. The second-order valence-electron chi connectivity index (χ2n) is 9.48. The van der Waals surface area contributed by atoms with Crippen LogP contribution >= 0.6 is 0 Å². The van der Waals surface area contributed by atoms with Crippen molar-refractivity contribution in [2.24, 2.45) is 0 Å². The van der Waals surface area contributed by atoms with Gasteiger partial charge in [0.25, 0.3) is 0 Å².